The second-order valence-corrected chi connectivity index (χ2v) is 5.03. The van der Waals surface area contributed by atoms with E-state index >= 15 is 0 Å². The summed E-state index contributed by atoms with van der Waals surface area (Å²) in [5.74, 6) is -0.470. The van der Waals surface area contributed by atoms with Crippen molar-refractivity contribution in [3.8, 4) is 6.07 Å². The largest absolute Gasteiger partial charge is 0.371 e. The van der Waals surface area contributed by atoms with E-state index < -0.39 is 5.82 Å². The van der Waals surface area contributed by atoms with E-state index in [1.165, 1.54) is 6.07 Å². The van der Waals surface area contributed by atoms with Gasteiger partial charge in [0.05, 0.1) is 18.3 Å². The SMILES string of the molecule is N#Cc1cc([C@@H]2CN3CCNC[C@@H]3CO2)ccc1F. The van der Waals surface area contributed by atoms with Gasteiger partial charge in [-0.1, -0.05) is 6.07 Å². The number of nitrogens with zero attached hydrogens (tertiary/aromatic N) is 2. The van der Waals surface area contributed by atoms with E-state index in [2.05, 4.69) is 10.2 Å². The first kappa shape index (κ1) is 12.5. The van der Waals surface area contributed by atoms with Gasteiger partial charge in [-0.25, -0.2) is 4.39 Å². The van der Waals surface area contributed by atoms with Gasteiger partial charge in [0.2, 0.25) is 0 Å². The van der Waals surface area contributed by atoms with Gasteiger partial charge in [0.1, 0.15) is 11.9 Å². The molecule has 2 aliphatic rings. The quantitative estimate of drug-likeness (QED) is 0.820. The number of piperazine rings is 1. The molecule has 2 fully saturated rings. The standard InChI is InChI=1S/C14H16FN3O/c15-13-2-1-10(5-11(13)6-16)14-8-18-4-3-17-7-12(18)9-19-14/h1-2,5,12,14,17H,3-4,7-9H2/t12-,14+/m1/s1. The van der Waals surface area contributed by atoms with Gasteiger partial charge in [0.25, 0.3) is 0 Å². The fourth-order valence-corrected chi connectivity index (χ4v) is 2.73. The van der Waals surface area contributed by atoms with Crippen molar-refractivity contribution in [2.75, 3.05) is 32.8 Å². The molecule has 3 rings (SSSR count). The first-order valence-electron chi connectivity index (χ1n) is 6.54. The Balaban J connectivity index is 1.78. The number of rotatable bonds is 1. The maximum atomic E-state index is 13.3. The Kier molecular flexibility index (Phi) is 3.47. The highest BCUT2D eigenvalue weighted by Gasteiger charge is 2.31. The highest BCUT2D eigenvalue weighted by Crippen LogP contribution is 2.26. The number of fused-ring (bicyclic) bond motifs is 1. The van der Waals surface area contributed by atoms with E-state index in [-0.39, 0.29) is 11.7 Å². The number of halogens is 1. The third-order valence-corrected chi connectivity index (χ3v) is 3.84. The van der Waals surface area contributed by atoms with Gasteiger partial charge in [0.15, 0.2) is 0 Å². The smallest absolute Gasteiger partial charge is 0.140 e. The molecular formula is C14H16FN3O. The number of benzene rings is 1. The number of ether oxygens (including phenoxy) is 1. The second-order valence-electron chi connectivity index (χ2n) is 5.03. The molecule has 0 bridgehead atoms. The van der Waals surface area contributed by atoms with Crippen molar-refractivity contribution in [1.82, 2.24) is 10.2 Å². The van der Waals surface area contributed by atoms with E-state index in [1.54, 1.807) is 12.1 Å². The average Bonchev–Trinajstić information content (AvgIpc) is 2.47. The molecule has 0 aliphatic carbocycles. The zero-order valence-electron chi connectivity index (χ0n) is 10.6. The summed E-state index contributed by atoms with van der Waals surface area (Å²) in [6.07, 6.45) is -0.0675. The van der Waals surface area contributed by atoms with Crippen LogP contribution in [0.25, 0.3) is 0 Å². The summed E-state index contributed by atoms with van der Waals surface area (Å²) in [7, 11) is 0. The zero-order chi connectivity index (χ0) is 13.2. The number of nitriles is 1. The van der Waals surface area contributed by atoms with Crippen LogP contribution in [-0.2, 0) is 4.74 Å². The van der Waals surface area contributed by atoms with Gasteiger partial charge in [-0.2, -0.15) is 5.26 Å². The highest BCUT2D eigenvalue weighted by molar-refractivity contribution is 5.35. The molecule has 1 aromatic rings. The number of morpholine rings is 1. The van der Waals surface area contributed by atoms with Crippen LogP contribution in [0.2, 0.25) is 0 Å². The lowest BCUT2D eigenvalue weighted by Crippen LogP contribution is -2.57. The maximum Gasteiger partial charge on any atom is 0.140 e. The van der Waals surface area contributed by atoms with Gasteiger partial charge >= 0.3 is 0 Å². The number of hydrogen-bond acceptors (Lipinski definition) is 4. The minimum atomic E-state index is -0.470. The van der Waals surface area contributed by atoms with Gasteiger partial charge in [-0.3, -0.25) is 4.90 Å². The van der Waals surface area contributed by atoms with E-state index in [1.807, 2.05) is 6.07 Å². The first-order valence-corrected chi connectivity index (χ1v) is 6.54. The molecule has 0 spiro atoms. The fraction of sp³-hybridized carbons (Fsp3) is 0.500. The molecule has 0 unspecified atom stereocenters. The van der Waals surface area contributed by atoms with Crippen LogP contribution in [0.1, 0.15) is 17.2 Å². The average molecular weight is 261 g/mol. The molecule has 4 nitrogen and oxygen atoms in total. The molecule has 1 aromatic carbocycles. The van der Waals surface area contributed by atoms with E-state index in [9.17, 15) is 4.39 Å². The molecule has 19 heavy (non-hydrogen) atoms. The minimum Gasteiger partial charge on any atom is -0.371 e. The molecule has 2 atom stereocenters. The topological polar surface area (TPSA) is 48.3 Å². The Morgan fingerprint density at radius 3 is 3.21 bits per heavy atom. The van der Waals surface area contributed by atoms with E-state index in [4.69, 9.17) is 10.00 Å². The summed E-state index contributed by atoms with van der Waals surface area (Å²) >= 11 is 0. The Bertz CT molecular complexity index is 514. The summed E-state index contributed by atoms with van der Waals surface area (Å²) in [5.41, 5.74) is 0.971. The molecule has 0 saturated carbocycles. The van der Waals surface area contributed by atoms with Crippen LogP contribution in [0.3, 0.4) is 0 Å². The lowest BCUT2D eigenvalue weighted by molar-refractivity contribution is -0.0718. The highest BCUT2D eigenvalue weighted by atomic mass is 19.1. The maximum absolute atomic E-state index is 13.3. The van der Waals surface area contributed by atoms with Gasteiger partial charge in [0, 0.05) is 32.2 Å². The van der Waals surface area contributed by atoms with Crippen LogP contribution in [0.5, 0.6) is 0 Å². The monoisotopic (exact) mass is 261 g/mol. The van der Waals surface area contributed by atoms with E-state index in [0.29, 0.717) is 12.6 Å². The third-order valence-electron chi connectivity index (χ3n) is 3.84. The summed E-state index contributed by atoms with van der Waals surface area (Å²) < 4.78 is 19.2. The van der Waals surface area contributed by atoms with Crippen LogP contribution in [0.4, 0.5) is 4.39 Å². The number of nitrogens with one attached hydrogen (secondary N) is 1. The molecular weight excluding hydrogens is 245 g/mol. The van der Waals surface area contributed by atoms with Crippen LogP contribution in [0.15, 0.2) is 18.2 Å². The Morgan fingerprint density at radius 2 is 2.37 bits per heavy atom. The Hall–Kier alpha value is -1.48. The number of hydrogen-bond donors (Lipinski definition) is 1. The van der Waals surface area contributed by atoms with Crippen LogP contribution >= 0.6 is 0 Å². The van der Waals surface area contributed by atoms with Crippen molar-refractivity contribution >= 4 is 0 Å². The molecule has 0 aromatic heterocycles. The second kappa shape index (κ2) is 5.25. The normalized spacial score (nSPS) is 27.6. The Labute approximate surface area is 111 Å². The molecule has 100 valence electrons. The zero-order valence-corrected chi connectivity index (χ0v) is 10.6. The van der Waals surface area contributed by atoms with Crippen LogP contribution in [0, 0.1) is 17.1 Å². The summed E-state index contributed by atoms with van der Waals surface area (Å²) in [6, 6.07) is 6.97. The molecule has 5 heteroatoms. The molecule has 2 saturated heterocycles. The predicted octanol–water partition coefficient (Wildman–Crippen LogP) is 1.04. The molecule has 0 amide bonds. The molecule has 2 heterocycles. The summed E-state index contributed by atoms with van der Waals surface area (Å²) in [4.78, 5) is 2.40. The van der Waals surface area contributed by atoms with Crippen LogP contribution in [-0.4, -0.2) is 43.7 Å². The van der Waals surface area contributed by atoms with Crippen LogP contribution < -0.4 is 5.32 Å². The fourth-order valence-electron chi connectivity index (χ4n) is 2.73. The molecule has 0 radical (unpaired) electrons. The van der Waals surface area contributed by atoms with Gasteiger partial charge in [-0.15, -0.1) is 0 Å². The van der Waals surface area contributed by atoms with Crippen molar-refractivity contribution in [3.05, 3.63) is 35.1 Å². The minimum absolute atomic E-state index is 0.0675. The van der Waals surface area contributed by atoms with Crippen molar-refractivity contribution in [2.24, 2.45) is 0 Å². The van der Waals surface area contributed by atoms with Crippen molar-refractivity contribution in [1.29, 1.82) is 5.26 Å². The molecule has 1 N–H and O–H groups in total. The van der Waals surface area contributed by atoms with E-state index in [0.717, 1.165) is 31.7 Å². The summed E-state index contributed by atoms with van der Waals surface area (Å²) in [6.45, 7) is 4.45. The lowest BCUT2D eigenvalue weighted by atomic mass is 10.0. The van der Waals surface area contributed by atoms with Crippen molar-refractivity contribution in [3.63, 3.8) is 0 Å². The summed E-state index contributed by atoms with van der Waals surface area (Å²) in [5, 5.41) is 12.2. The predicted molar refractivity (Wildman–Crippen MR) is 68.0 cm³/mol. The van der Waals surface area contributed by atoms with Gasteiger partial charge in [-0.05, 0) is 17.7 Å². The lowest BCUT2D eigenvalue weighted by Gasteiger charge is -2.42. The third kappa shape index (κ3) is 2.47. The Morgan fingerprint density at radius 1 is 1.47 bits per heavy atom. The first-order chi connectivity index (χ1) is 9.28. The van der Waals surface area contributed by atoms with Crippen molar-refractivity contribution < 1.29 is 9.13 Å². The van der Waals surface area contributed by atoms with Crippen molar-refractivity contribution in [2.45, 2.75) is 12.1 Å². The van der Waals surface area contributed by atoms with Gasteiger partial charge < -0.3 is 10.1 Å². The molecule has 2 aliphatic heterocycles.